The molecule has 1 unspecified atom stereocenters. The summed E-state index contributed by atoms with van der Waals surface area (Å²) in [6.07, 6.45) is 43.3. The third-order valence-electron chi connectivity index (χ3n) is 9.52. The first-order valence-corrected chi connectivity index (χ1v) is 23.4. The summed E-state index contributed by atoms with van der Waals surface area (Å²) >= 11 is 0. The van der Waals surface area contributed by atoms with Gasteiger partial charge in [-0.05, 0) is 38.5 Å². The number of ether oxygens (including phenoxy) is 2. The largest absolute Gasteiger partial charge is 0.469 e. The smallest absolute Gasteiger partial charge is 0.462 e. The molecule has 0 rings (SSSR count). The zero-order valence-corrected chi connectivity index (χ0v) is 35.4. The second-order valence-electron chi connectivity index (χ2n) is 14.9. The van der Waals surface area contributed by atoms with Crippen LogP contribution in [0.2, 0.25) is 0 Å². The van der Waals surface area contributed by atoms with Gasteiger partial charge in [0.05, 0.1) is 12.7 Å². The summed E-state index contributed by atoms with van der Waals surface area (Å²) in [5.74, 6) is -1.07. The van der Waals surface area contributed by atoms with Crippen molar-refractivity contribution in [3.8, 4) is 0 Å². The van der Waals surface area contributed by atoms with Crippen molar-refractivity contribution in [3.05, 3.63) is 36.5 Å². The summed E-state index contributed by atoms with van der Waals surface area (Å²) in [6, 6.07) is 0. The van der Waals surface area contributed by atoms with E-state index in [2.05, 4.69) is 30.5 Å². The molecular formula is C44H81O9P. The maximum Gasteiger partial charge on any atom is 0.469 e. The highest BCUT2D eigenvalue weighted by molar-refractivity contribution is 7.46. The first-order chi connectivity index (χ1) is 26.2. The lowest BCUT2D eigenvalue weighted by Gasteiger charge is -2.18. The van der Waals surface area contributed by atoms with Gasteiger partial charge in [0.1, 0.15) is 6.61 Å². The lowest BCUT2D eigenvalue weighted by molar-refractivity contribution is -0.161. The predicted octanol–water partition coefficient (Wildman–Crippen LogP) is 12.3. The van der Waals surface area contributed by atoms with Crippen LogP contribution >= 0.6 is 7.82 Å². The van der Waals surface area contributed by atoms with Crippen LogP contribution in [0, 0.1) is 0 Å². The summed E-state index contributed by atoms with van der Waals surface area (Å²) in [5.41, 5.74) is 0. The minimum absolute atomic E-state index is 0.0451. The Labute approximate surface area is 330 Å². The van der Waals surface area contributed by atoms with Crippen LogP contribution in [-0.2, 0) is 28.2 Å². The lowest BCUT2D eigenvalue weighted by atomic mass is 10.0. The monoisotopic (exact) mass is 785 g/mol. The average molecular weight is 785 g/mol. The molecule has 0 fully saturated rings. The third-order valence-corrected chi connectivity index (χ3v) is 10.0. The van der Waals surface area contributed by atoms with Crippen molar-refractivity contribution in [2.24, 2.45) is 0 Å². The molecule has 0 radical (unpaired) electrons. The number of phosphoric ester groups is 1. The van der Waals surface area contributed by atoms with Crippen molar-refractivity contribution in [2.75, 3.05) is 13.2 Å². The molecule has 0 aliphatic heterocycles. The zero-order chi connectivity index (χ0) is 39.8. The number of rotatable bonds is 40. The number of phosphoric acid groups is 1. The van der Waals surface area contributed by atoms with E-state index >= 15 is 0 Å². The molecule has 0 aromatic heterocycles. The second-order valence-corrected chi connectivity index (χ2v) is 16.1. The number of unbranched alkanes of at least 4 members (excludes halogenated alkanes) is 23. The Bertz CT molecular complexity index is 991. The summed E-state index contributed by atoms with van der Waals surface area (Å²) in [7, 11) is -4.80. The van der Waals surface area contributed by atoms with Crippen molar-refractivity contribution in [1.29, 1.82) is 0 Å². The standard InChI is InChI=1S/C44H81O9P/c1-3-5-7-9-11-13-15-17-18-19-20-21-23-25-27-29-31-33-37-44(47)53-42(40-52-54(48,49)50)39-51-43(46)38-34-36-41(45)35-32-30-28-26-24-22-16-14-12-10-8-6-4-2/h22,24,28,30,32,35,41-42,45H,3-21,23,25-27,29,31,33-34,36-40H2,1-2H3,(H2,48,49,50)/b24-22+,30-28+,35-32+/t41?,42-/m1/s1. The maximum absolute atomic E-state index is 12.4. The van der Waals surface area contributed by atoms with Crippen LogP contribution in [0.1, 0.15) is 206 Å². The van der Waals surface area contributed by atoms with E-state index in [9.17, 15) is 19.3 Å². The molecule has 9 nitrogen and oxygen atoms in total. The highest BCUT2D eigenvalue weighted by atomic mass is 31.2. The molecule has 0 aliphatic rings. The number of aliphatic hydroxyl groups is 1. The van der Waals surface area contributed by atoms with Gasteiger partial charge in [0.2, 0.25) is 0 Å². The van der Waals surface area contributed by atoms with Gasteiger partial charge in [-0.1, -0.05) is 192 Å². The van der Waals surface area contributed by atoms with Gasteiger partial charge < -0.3 is 24.4 Å². The van der Waals surface area contributed by atoms with E-state index in [1.165, 1.54) is 128 Å². The van der Waals surface area contributed by atoms with Gasteiger partial charge in [0.25, 0.3) is 0 Å². The maximum atomic E-state index is 12.4. The van der Waals surface area contributed by atoms with E-state index < -0.39 is 38.6 Å². The minimum atomic E-state index is -4.80. The SMILES string of the molecule is CCCCCCCC/C=C/C/C=C/C=C/C(O)CCCC(=O)OC[C@H](COP(=O)(O)O)OC(=O)CCCCCCCCCCCCCCCCCCCC. The van der Waals surface area contributed by atoms with Gasteiger partial charge in [0, 0.05) is 12.8 Å². The fourth-order valence-corrected chi connectivity index (χ4v) is 6.57. The molecule has 0 saturated carbocycles. The van der Waals surface area contributed by atoms with Crippen LogP contribution in [0.3, 0.4) is 0 Å². The normalized spacial score (nSPS) is 13.4. The molecule has 0 heterocycles. The van der Waals surface area contributed by atoms with Gasteiger partial charge in [0.15, 0.2) is 6.10 Å². The molecule has 0 bridgehead atoms. The second kappa shape index (κ2) is 39.5. The molecule has 3 N–H and O–H groups in total. The molecule has 0 amide bonds. The summed E-state index contributed by atoms with van der Waals surface area (Å²) in [6.45, 7) is 3.53. The van der Waals surface area contributed by atoms with Gasteiger partial charge in [-0.2, -0.15) is 0 Å². The first kappa shape index (κ1) is 52.2. The molecule has 0 aromatic rings. The molecular weight excluding hydrogens is 703 g/mol. The van der Waals surface area contributed by atoms with Crippen LogP contribution in [0.5, 0.6) is 0 Å². The minimum Gasteiger partial charge on any atom is -0.462 e. The number of esters is 2. The number of hydrogen-bond acceptors (Lipinski definition) is 7. The predicted molar refractivity (Wildman–Crippen MR) is 222 cm³/mol. The average Bonchev–Trinajstić information content (AvgIpc) is 3.13. The van der Waals surface area contributed by atoms with Crippen molar-refractivity contribution in [2.45, 2.75) is 219 Å². The topological polar surface area (TPSA) is 140 Å². The van der Waals surface area contributed by atoms with Gasteiger partial charge >= 0.3 is 19.8 Å². The lowest BCUT2D eigenvalue weighted by Crippen LogP contribution is -2.29. The Morgan fingerprint density at radius 3 is 1.57 bits per heavy atom. The van der Waals surface area contributed by atoms with E-state index in [1.54, 1.807) is 12.2 Å². The Balaban J connectivity index is 4.05. The fourth-order valence-electron chi connectivity index (χ4n) is 6.21. The first-order valence-electron chi connectivity index (χ1n) is 21.9. The molecule has 0 spiro atoms. The van der Waals surface area contributed by atoms with E-state index in [0.717, 1.165) is 32.1 Å². The van der Waals surface area contributed by atoms with Crippen molar-refractivity contribution in [3.63, 3.8) is 0 Å². The van der Waals surface area contributed by atoms with Crippen molar-refractivity contribution >= 4 is 19.8 Å². The van der Waals surface area contributed by atoms with Crippen LogP contribution in [0.25, 0.3) is 0 Å². The van der Waals surface area contributed by atoms with E-state index in [1.807, 2.05) is 12.2 Å². The fraction of sp³-hybridized carbons (Fsp3) is 0.818. The highest BCUT2D eigenvalue weighted by Gasteiger charge is 2.23. The van der Waals surface area contributed by atoms with Gasteiger partial charge in [-0.25, -0.2) is 4.57 Å². The number of carbonyl (C=O) groups excluding carboxylic acids is 2. The number of carbonyl (C=O) groups is 2. The molecule has 54 heavy (non-hydrogen) atoms. The van der Waals surface area contributed by atoms with E-state index in [4.69, 9.17) is 19.3 Å². The Hall–Kier alpha value is -1.77. The number of hydrogen-bond donors (Lipinski definition) is 3. The van der Waals surface area contributed by atoms with Gasteiger partial charge in [-0.15, -0.1) is 0 Å². The van der Waals surface area contributed by atoms with Crippen molar-refractivity contribution < 1.29 is 43.0 Å². The van der Waals surface area contributed by atoms with Gasteiger partial charge in [-0.3, -0.25) is 14.1 Å². The Morgan fingerprint density at radius 1 is 0.574 bits per heavy atom. The van der Waals surface area contributed by atoms with Crippen molar-refractivity contribution in [1.82, 2.24) is 0 Å². The van der Waals surface area contributed by atoms with E-state index in [-0.39, 0.29) is 19.4 Å². The van der Waals surface area contributed by atoms with Crippen LogP contribution < -0.4 is 0 Å². The van der Waals surface area contributed by atoms with Crippen LogP contribution in [0.15, 0.2) is 36.5 Å². The van der Waals surface area contributed by atoms with Crippen LogP contribution in [-0.4, -0.2) is 52.3 Å². The van der Waals surface area contributed by atoms with E-state index in [0.29, 0.717) is 19.3 Å². The highest BCUT2D eigenvalue weighted by Crippen LogP contribution is 2.36. The summed E-state index contributed by atoms with van der Waals surface area (Å²) in [4.78, 5) is 42.9. The number of allylic oxidation sites excluding steroid dienone is 5. The quantitative estimate of drug-likeness (QED) is 0.0182. The molecule has 0 aromatic carbocycles. The number of aliphatic hydroxyl groups excluding tert-OH is 1. The zero-order valence-electron chi connectivity index (χ0n) is 34.5. The molecule has 0 aliphatic carbocycles. The molecule has 316 valence electrons. The molecule has 0 saturated heterocycles. The summed E-state index contributed by atoms with van der Waals surface area (Å²) < 4.78 is 26.3. The Morgan fingerprint density at radius 2 is 1.06 bits per heavy atom. The Kier molecular flexibility index (Phi) is 38.2. The molecule has 2 atom stereocenters. The van der Waals surface area contributed by atoms with Crippen LogP contribution in [0.4, 0.5) is 0 Å². The third kappa shape index (κ3) is 41.4. The molecule has 10 heteroatoms. The summed E-state index contributed by atoms with van der Waals surface area (Å²) in [5, 5.41) is 10.2.